The van der Waals surface area contributed by atoms with Crippen molar-refractivity contribution in [2.24, 2.45) is 0 Å². The first-order valence-electron chi connectivity index (χ1n) is 33.5. The summed E-state index contributed by atoms with van der Waals surface area (Å²) in [4.78, 5) is 38.4. The van der Waals surface area contributed by atoms with Gasteiger partial charge in [-0.25, -0.2) is 0 Å². The average molecular weight is 1110 g/mol. The van der Waals surface area contributed by atoms with Gasteiger partial charge >= 0.3 is 17.9 Å². The molecule has 0 saturated heterocycles. The van der Waals surface area contributed by atoms with Crippen molar-refractivity contribution in [1.82, 2.24) is 0 Å². The van der Waals surface area contributed by atoms with Crippen LogP contribution in [0.5, 0.6) is 0 Å². The van der Waals surface area contributed by atoms with Crippen molar-refractivity contribution in [1.29, 1.82) is 0 Å². The molecule has 0 aromatic carbocycles. The minimum absolute atomic E-state index is 0.0876. The van der Waals surface area contributed by atoms with Crippen molar-refractivity contribution in [3.63, 3.8) is 0 Å². The van der Waals surface area contributed by atoms with E-state index in [9.17, 15) is 14.4 Å². The third-order valence-electron chi connectivity index (χ3n) is 14.2. The van der Waals surface area contributed by atoms with Gasteiger partial charge in [0.05, 0.1) is 0 Å². The second-order valence-corrected chi connectivity index (χ2v) is 22.0. The van der Waals surface area contributed by atoms with E-state index in [1.807, 2.05) is 0 Å². The summed E-state index contributed by atoms with van der Waals surface area (Å²) in [5, 5.41) is 0. The van der Waals surface area contributed by atoms with Crippen LogP contribution in [-0.4, -0.2) is 37.2 Å². The predicted octanol–water partition coefficient (Wildman–Crippen LogP) is 23.2. The van der Waals surface area contributed by atoms with Crippen LogP contribution >= 0.6 is 0 Å². The van der Waals surface area contributed by atoms with Gasteiger partial charge in [-0.2, -0.15) is 0 Å². The minimum Gasteiger partial charge on any atom is -0.462 e. The number of esters is 3. The molecule has 0 N–H and O–H groups in total. The SMILES string of the molecule is CC/C=C\C/C=C\C/C=C\C/C=C\C/C=C\C/C=C\CCCCCCCCCCCCC(=O)OCC(COC(=O)CCCCCCC/C=C\C/C=C\CCCC)OC(=O)CCCCCCCCCCC/C=C\C/C=C\CCCCC. The lowest BCUT2D eigenvalue weighted by atomic mass is 10.1. The van der Waals surface area contributed by atoms with Crippen LogP contribution in [0.3, 0.4) is 0 Å². The van der Waals surface area contributed by atoms with Gasteiger partial charge in [0.1, 0.15) is 13.2 Å². The Hall–Kier alpha value is -4.19. The fourth-order valence-corrected chi connectivity index (χ4v) is 9.14. The van der Waals surface area contributed by atoms with Crippen LogP contribution in [0.15, 0.2) is 122 Å². The summed E-state index contributed by atoms with van der Waals surface area (Å²) in [7, 11) is 0. The molecule has 0 aliphatic rings. The first-order valence-corrected chi connectivity index (χ1v) is 33.5. The van der Waals surface area contributed by atoms with Crippen molar-refractivity contribution < 1.29 is 28.6 Å². The zero-order valence-electron chi connectivity index (χ0n) is 52.3. The summed E-state index contributed by atoms with van der Waals surface area (Å²) in [6.45, 7) is 6.46. The molecule has 0 fully saturated rings. The summed E-state index contributed by atoms with van der Waals surface area (Å²) in [5.74, 6) is -0.903. The molecule has 0 radical (unpaired) electrons. The molecule has 1 unspecified atom stereocenters. The summed E-state index contributed by atoms with van der Waals surface area (Å²) >= 11 is 0. The number of allylic oxidation sites excluding steroid dienone is 20. The quantitative estimate of drug-likeness (QED) is 0.0261. The molecule has 6 nitrogen and oxygen atoms in total. The fourth-order valence-electron chi connectivity index (χ4n) is 9.14. The number of hydrogen-bond acceptors (Lipinski definition) is 6. The lowest BCUT2D eigenvalue weighted by Gasteiger charge is -2.18. The van der Waals surface area contributed by atoms with E-state index < -0.39 is 6.10 Å². The molecular formula is C74H124O6. The van der Waals surface area contributed by atoms with E-state index in [1.165, 1.54) is 141 Å². The Labute approximate surface area is 494 Å². The minimum atomic E-state index is -0.792. The fraction of sp³-hybridized carbons (Fsp3) is 0.689. The molecule has 456 valence electrons. The monoisotopic (exact) mass is 1110 g/mol. The Bertz CT molecular complexity index is 1650. The maximum atomic E-state index is 12.9. The summed E-state index contributed by atoms with van der Waals surface area (Å²) in [6.07, 6.45) is 93.5. The van der Waals surface area contributed by atoms with Crippen LogP contribution < -0.4 is 0 Å². The first kappa shape index (κ1) is 75.8. The smallest absolute Gasteiger partial charge is 0.306 e. The zero-order chi connectivity index (χ0) is 57.8. The maximum absolute atomic E-state index is 12.9. The Morgan fingerprint density at radius 3 is 0.800 bits per heavy atom. The van der Waals surface area contributed by atoms with E-state index in [4.69, 9.17) is 14.2 Å². The van der Waals surface area contributed by atoms with Crippen molar-refractivity contribution in [3.8, 4) is 0 Å². The van der Waals surface area contributed by atoms with Gasteiger partial charge < -0.3 is 14.2 Å². The van der Waals surface area contributed by atoms with Crippen molar-refractivity contribution in [2.75, 3.05) is 13.2 Å². The zero-order valence-corrected chi connectivity index (χ0v) is 52.3. The Morgan fingerprint density at radius 2 is 0.500 bits per heavy atom. The normalized spacial score (nSPS) is 12.9. The van der Waals surface area contributed by atoms with Gasteiger partial charge in [0.25, 0.3) is 0 Å². The maximum Gasteiger partial charge on any atom is 0.306 e. The first-order chi connectivity index (χ1) is 39.5. The molecule has 0 saturated carbocycles. The Kier molecular flexibility index (Phi) is 63.8. The molecule has 0 amide bonds. The predicted molar refractivity (Wildman–Crippen MR) is 348 cm³/mol. The Morgan fingerprint density at radius 1 is 0.263 bits per heavy atom. The van der Waals surface area contributed by atoms with Gasteiger partial charge in [-0.15, -0.1) is 0 Å². The molecule has 0 aliphatic carbocycles. The number of carbonyl (C=O) groups is 3. The lowest BCUT2D eigenvalue weighted by molar-refractivity contribution is -0.167. The molecule has 0 aliphatic heterocycles. The highest BCUT2D eigenvalue weighted by atomic mass is 16.6. The largest absolute Gasteiger partial charge is 0.462 e. The van der Waals surface area contributed by atoms with E-state index in [-0.39, 0.29) is 31.1 Å². The standard InChI is InChI=1S/C74H124O6/c1-4-7-10-13-16-19-22-25-28-30-32-33-34-35-36-37-38-39-40-41-43-44-46-49-52-55-58-61-64-67-73(76)79-70-71(69-78-72(75)66-63-60-57-54-51-48-27-24-21-18-15-12-9-6-3)80-74(77)68-65-62-59-56-53-50-47-45-42-31-29-26-23-20-17-14-11-8-5-2/h7,10,15-20,24-29,32-33,35-36,38-39,71H,4-6,8-9,11-14,21-23,30-31,34,37,40-70H2,1-3H3/b10-7-,18-15-,19-16-,20-17-,27-24-,28-25-,29-26-,33-32-,36-35-,39-38-. The highest BCUT2D eigenvalue weighted by Crippen LogP contribution is 2.16. The second kappa shape index (κ2) is 67.3. The molecule has 0 bridgehead atoms. The summed E-state index contributed by atoms with van der Waals surface area (Å²) in [6, 6.07) is 0. The lowest BCUT2D eigenvalue weighted by Crippen LogP contribution is -2.30. The van der Waals surface area contributed by atoms with Gasteiger partial charge in [0.15, 0.2) is 6.10 Å². The van der Waals surface area contributed by atoms with E-state index in [0.29, 0.717) is 19.3 Å². The van der Waals surface area contributed by atoms with E-state index >= 15 is 0 Å². The number of rotatable bonds is 60. The van der Waals surface area contributed by atoms with Crippen molar-refractivity contribution in [3.05, 3.63) is 122 Å². The topological polar surface area (TPSA) is 78.9 Å². The molecule has 0 aromatic rings. The van der Waals surface area contributed by atoms with Crippen molar-refractivity contribution >= 4 is 17.9 Å². The highest BCUT2D eigenvalue weighted by Gasteiger charge is 2.19. The van der Waals surface area contributed by atoms with E-state index in [1.54, 1.807) is 0 Å². The van der Waals surface area contributed by atoms with E-state index in [2.05, 4.69) is 142 Å². The molecule has 1 atom stereocenters. The average Bonchev–Trinajstić information content (AvgIpc) is 3.46. The number of hydrogen-bond donors (Lipinski definition) is 0. The van der Waals surface area contributed by atoms with Gasteiger partial charge in [0, 0.05) is 19.3 Å². The van der Waals surface area contributed by atoms with Gasteiger partial charge in [-0.3, -0.25) is 14.4 Å². The molecule has 0 spiro atoms. The Balaban J connectivity index is 4.33. The van der Waals surface area contributed by atoms with Crippen LogP contribution in [0.4, 0.5) is 0 Å². The van der Waals surface area contributed by atoms with Crippen LogP contribution in [0.2, 0.25) is 0 Å². The van der Waals surface area contributed by atoms with Crippen LogP contribution in [0.1, 0.15) is 310 Å². The van der Waals surface area contributed by atoms with Crippen LogP contribution in [-0.2, 0) is 28.6 Å². The molecular weight excluding hydrogens is 985 g/mol. The summed E-state index contributed by atoms with van der Waals surface area (Å²) in [5.41, 5.74) is 0. The molecule has 0 aromatic heterocycles. The van der Waals surface area contributed by atoms with Gasteiger partial charge in [-0.1, -0.05) is 284 Å². The summed E-state index contributed by atoms with van der Waals surface area (Å²) < 4.78 is 16.9. The number of ether oxygens (including phenoxy) is 3. The third-order valence-corrected chi connectivity index (χ3v) is 14.2. The molecule has 0 heterocycles. The number of carbonyl (C=O) groups excluding carboxylic acids is 3. The van der Waals surface area contributed by atoms with Gasteiger partial charge in [0.2, 0.25) is 0 Å². The van der Waals surface area contributed by atoms with Crippen LogP contribution in [0, 0.1) is 0 Å². The van der Waals surface area contributed by atoms with Crippen molar-refractivity contribution in [2.45, 2.75) is 316 Å². The molecule has 80 heavy (non-hydrogen) atoms. The molecule has 0 rings (SSSR count). The number of unbranched alkanes of at least 4 members (excludes halogenated alkanes) is 29. The molecule has 6 heteroatoms. The van der Waals surface area contributed by atoms with Crippen LogP contribution in [0.25, 0.3) is 0 Å². The van der Waals surface area contributed by atoms with Gasteiger partial charge in [-0.05, 0) is 128 Å². The highest BCUT2D eigenvalue weighted by molar-refractivity contribution is 5.71. The van der Waals surface area contributed by atoms with E-state index in [0.717, 1.165) is 128 Å². The third kappa shape index (κ3) is 64.6. The second-order valence-electron chi connectivity index (χ2n) is 22.0.